The second-order valence-corrected chi connectivity index (χ2v) is 19.1. The van der Waals surface area contributed by atoms with Crippen LogP contribution in [0.1, 0.15) is 88.7 Å². The fourth-order valence-corrected chi connectivity index (χ4v) is 10.7. The molecule has 0 unspecified atom stereocenters. The first-order valence-electron chi connectivity index (χ1n) is 23.2. The van der Waals surface area contributed by atoms with Gasteiger partial charge in [0.05, 0.1) is 24.2 Å². The Morgan fingerprint density at radius 3 is 2.23 bits per heavy atom. The number of alkyl carbamates (subject to hydrolysis) is 1. The summed E-state index contributed by atoms with van der Waals surface area (Å²) in [5.74, 6) is -2.30. The summed E-state index contributed by atoms with van der Waals surface area (Å²) in [5, 5.41) is 27.1. The van der Waals surface area contributed by atoms with E-state index in [-0.39, 0.29) is 77.3 Å². The highest BCUT2D eigenvalue weighted by molar-refractivity contribution is 6.35. The number of alkyl halides is 2. The number of piperidine rings is 3. The number of nitrogens with zero attached hydrogens (tertiary/aromatic N) is 3. The zero-order chi connectivity index (χ0) is 48.2. The molecule has 2 N–H and O–H groups in total. The first kappa shape index (κ1) is 47.9. The molecule has 362 valence electrons. The van der Waals surface area contributed by atoms with Crippen molar-refractivity contribution in [3.8, 4) is 17.2 Å². The van der Waals surface area contributed by atoms with E-state index in [9.17, 15) is 33.5 Å². The first-order valence-corrected chi connectivity index (χ1v) is 24.0. The number of pyridine rings is 1. The normalized spacial score (nSPS) is 21.6. The number of amides is 2. The Kier molecular flexibility index (Phi) is 14.5. The molecule has 4 atom stereocenters. The van der Waals surface area contributed by atoms with Crippen LogP contribution in [0.3, 0.4) is 0 Å². The minimum atomic E-state index is -3.15. The van der Waals surface area contributed by atoms with Crippen molar-refractivity contribution >= 4 is 41.2 Å². The third-order valence-electron chi connectivity index (χ3n) is 13.9. The van der Waals surface area contributed by atoms with Gasteiger partial charge in [-0.3, -0.25) is 14.9 Å². The molecular formula is C52H52Cl2F2N4O9. The number of hydrogen-bond acceptors (Lipinski definition) is 10. The van der Waals surface area contributed by atoms with E-state index in [2.05, 4.69) is 10.2 Å². The number of halogens is 4. The van der Waals surface area contributed by atoms with Gasteiger partial charge in [0, 0.05) is 34.9 Å². The van der Waals surface area contributed by atoms with Crippen LogP contribution in [-0.4, -0.2) is 84.0 Å². The van der Waals surface area contributed by atoms with Crippen LogP contribution in [0.2, 0.25) is 10.0 Å². The Morgan fingerprint density at radius 2 is 1.57 bits per heavy atom. The molecule has 2 bridgehead atoms. The van der Waals surface area contributed by atoms with E-state index in [0.29, 0.717) is 28.4 Å². The van der Waals surface area contributed by atoms with Gasteiger partial charge in [-0.2, -0.15) is 8.78 Å². The second kappa shape index (κ2) is 20.8. The van der Waals surface area contributed by atoms with Crippen molar-refractivity contribution in [2.75, 3.05) is 32.8 Å². The standard InChI is InChI=1S/C52H52Cl2F2N4O9/c53-42-27-59(65)28-43(54)40(42)26-41(37-16-17-44(68-50(55)56)45(25-37)67-31-32-10-11-32)52(49(62)63)20-5-21-60(52)48(61)36-14-12-33(13-15-36)30-66-39-9-4-8-38(24-39)47(35-6-2-1-3-7-35)57-51(64)69-46-29-58-22-18-34(46)19-23-58/h1-4,6-9,12-17,24-25,27-28,32,34,41,46-47,50H,5,10-11,18-23,26,29-31H2,(H2-,57,62,63,64,65)/t41-,46-,47-,52-/m0/s1. The SMILES string of the molecule is O=C(N[C@@H](c1ccccc1)c1cccc(OCc2ccc(C(=O)N3CCC[C@@]3(C(=O)[O-])[C@@H](Cc3c(Cl)c[n+](O)cc3Cl)c3ccc(OC(F)F)c(OCC4CC4)c3)cc2)c1)O[C@H]1CN2CCC1CC2. The molecule has 4 saturated heterocycles. The molecule has 5 aromatic rings. The van der Waals surface area contributed by atoms with Crippen LogP contribution >= 0.6 is 23.2 Å². The molecule has 5 fully saturated rings. The maximum absolute atomic E-state index is 14.6. The van der Waals surface area contributed by atoms with E-state index in [4.69, 9.17) is 42.1 Å². The topological polar surface area (TPSA) is 154 Å². The number of aliphatic carboxylic acids is 1. The molecule has 1 aromatic heterocycles. The molecular weight excluding hydrogens is 933 g/mol. The van der Waals surface area contributed by atoms with Gasteiger partial charge in [0.25, 0.3) is 5.91 Å². The highest BCUT2D eigenvalue weighted by atomic mass is 35.5. The van der Waals surface area contributed by atoms with Gasteiger partial charge >= 0.3 is 12.7 Å². The summed E-state index contributed by atoms with van der Waals surface area (Å²) in [5.41, 5.74) is 1.22. The van der Waals surface area contributed by atoms with E-state index in [0.717, 1.165) is 62.0 Å². The lowest BCUT2D eigenvalue weighted by Gasteiger charge is -2.46. The highest BCUT2D eigenvalue weighted by Crippen LogP contribution is 2.47. The number of fused-ring (bicyclic) bond motifs is 3. The Balaban J connectivity index is 0.942. The zero-order valence-corrected chi connectivity index (χ0v) is 39.1. The first-order chi connectivity index (χ1) is 33.3. The molecule has 0 spiro atoms. The number of benzene rings is 4. The van der Waals surface area contributed by atoms with Crippen LogP contribution in [0, 0.1) is 11.8 Å². The summed E-state index contributed by atoms with van der Waals surface area (Å²) in [7, 11) is 0. The van der Waals surface area contributed by atoms with Gasteiger partial charge < -0.3 is 39.1 Å². The lowest BCUT2D eigenvalue weighted by Crippen LogP contribution is -2.62. The second-order valence-electron chi connectivity index (χ2n) is 18.3. The Labute approximate surface area is 408 Å². The number of hydrogen-bond donors (Lipinski definition) is 2. The van der Waals surface area contributed by atoms with Gasteiger partial charge in [0.1, 0.15) is 28.5 Å². The van der Waals surface area contributed by atoms with Crippen molar-refractivity contribution in [2.45, 2.75) is 81.8 Å². The summed E-state index contributed by atoms with van der Waals surface area (Å²) in [6.07, 6.45) is 5.79. The minimum Gasteiger partial charge on any atom is -0.548 e. The Morgan fingerprint density at radius 1 is 0.841 bits per heavy atom. The number of aromatic nitrogens is 1. The van der Waals surface area contributed by atoms with Crippen LogP contribution in [0.4, 0.5) is 13.6 Å². The predicted molar refractivity (Wildman–Crippen MR) is 248 cm³/mol. The van der Waals surface area contributed by atoms with E-state index in [1.54, 1.807) is 24.3 Å². The molecule has 4 aliphatic heterocycles. The summed E-state index contributed by atoms with van der Waals surface area (Å²) < 4.78 is 50.8. The van der Waals surface area contributed by atoms with Crippen molar-refractivity contribution in [3.05, 3.63) is 153 Å². The van der Waals surface area contributed by atoms with Crippen LogP contribution in [0.25, 0.3) is 0 Å². The summed E-state index contributed by atoms with van der Waals surface area (Å²) in [6.45, 7) is 0.102. The molecule has 1 saturated carbocycles. The number of rotatable bonds is 18. The number of carboxylic acid groups (broad SMARTS) is 1. The molecule has 4 aromatic carbocycles. The molecule has 1 aliphatic carbocycles. The van der Waals surface area contributed by atoms with Gasteiger partial charge in [0.15, 0.2) is 11.5 Å². The van der Waals surface area contributed by atoms with Crippen LogP contribution in [0.5, 0.6) is 17.2 Å². The van der Waals surface area contributed by atoms with Gasteiger partial charge in [-0.05, 0) is 129 Å². The largest absolute Gasteiger partial charge is 0.548 e. The van der Waals surface area contributed by atoms with E-state index < -0.39 is 42.1 Å². The summed E-state index contributed by atoms with van der Waals surface area (Å²) >= 11 is 13.2. The van der Waals surface area contributed by atoms with Crippen molar-refractivity contribution in [3.63, 3.8) is 0 Å². The monoisotopic (exact) mass is 984 g/mol. The smallest absolute Gasteiger partial charge is 0.408 e. The Bertz CT molecular complexity index is 2630. The van der Waals surface area contributed by atoms with Gasteiger partial charge in [0.2, 0.25) is 12.4 Å². The zero-order valence-electron chi connectivity index (χ0n) is 37.6. The number of nitrogens with one attached hydrogen (secondary N) is 1. The van der Waals surface area contributed by atoms with Crippen LogP contribution < -0.4 is 29.4 Å². The molecule has 17 heteroatoms. The lowest BCUT2D eigenvalue weighted by molar-refractivity contribution is -0.904. The number of ether oxygens (including phenoxy) is 4. The van der Waals surface area contributed by atoms with Gasteiger partial charge in [-0.1, -0.05) is 83.9 Å². The van der Waals surface area contributed by atoms with Crippen molar-refractivity contribution in [1.29, 1.82) is 0 Å². The number of carbonyl (C=O) groups is 3. The molecule has 69 heavy (non-hydrogen) atoms. The molecule has 5 heterocycles. The lowest BCUT2D eigenvalue weighted by atomic mass is 9.73. The van der Waals surface area contributed by atoms with E-state index >= 15 is 0 Å². The quantitative estimate of drug-likeness (QED) is 0.0650. The maximum atomic E-state index is 14.6. The summed E-state index contributed by atoms with van der Waals surface area (Å²) in [6, 6.07) is 27.5. The van der Waals surface area contributed by atoms with Crippen LogP contribution in [0.15, 0.2) is 109 Å². The van der Waals surface area contributed by atoms with Crippen molar-refractivity contribution < 1.29 is 57.2 Å². The minimum absolute atomic E-state index is 0.00990. The van der Waals surface area contributed by atoms with E-state index in [1.165, 1.54) is 35.5 Å². The maximum Gasteiger partial charge on any atom is 0.408 e. The molecule has 0 radical (unpaired) electrons. The number of likely N-dealkylation sites (tertiary alicyclic amines) is 1. The predicted octanol–water partition coefficient (Wildman–Crippen LogP) is 8.15. The third-order valence-corrected chi connectivity index (χ3v) is 14.5. The summed E-state index contributed by atoms with van der Waals surface area (Å²) in [4.78, 5) is 45.4. The van der Waals surface area contributed by atoms with Gasteiger partial charge in [-0.15, -0.1) is 0 Å². The van der Waals surface area contributed by atoms with E-state index in [1.807, 2.05) is 54.6 Å². The number of carboxylic acids is 1. The highest BCUT2D eigenvalue weighted by Gasteiger charge is 2.52. The Hall–Kier alpha value is -6.16. The molecule has 5 aliphatic rings. The fourth-order valence-electron chi connectivity index (χ4n) is 10.1. The molecule has 2 amide bonds. The average molecular weight is 986 g/mol. The average Bonchev–Trinajstić information content (AvgIpc) is 4.07. The number of carbonyl (C=O) groups excluding carboxylic acids is 3. The fraction of sp³-hybridized carbons (Fsp3) is 0.385. The van der Waals surface area contributed by atoms with Crippen LogP contribution in [-0.2, 0) is 22.6 Å². The van der Waals surface area contributed by atoms with Crippen molar-refractivity contribution in [1.82, 2.24) is 15.1 Å². The molecule has 13 nitrogen and oxygen atoms in total. The molecule has 10 rings (SSSR count). The third kappa shape index (κ3) is 10.9. The van der Waals surface area contributed by atoms with Gasteiger partial charge in [-0.25, -0.2) is 4.79 Å². The van der Waals surface area contributed by atoms with Crippen molar-refractivity contribution in [2.24, 2.45) is 11.8 Å².